The minimum atomic E-state index is -1.53. The first-order valence-electron chi connectivity index (χ1n) is 7.64. The van der Waals surface area contributed by atoms with E-state index >= 15 is 0 Å². The van der Waals surface area contributed by atoms with E-state index in [0.29, 0.717) is 24.1 Å². The summed E-state index contributed by atoms with van der Waals surface area (Å²) >= 11 is 0. The summed E-state index contributed by atoms with van der Waals surface area (Å²) in [6.07, 6.45) is 0.410. The Morgan fingerprint density at radius 1 is 1.00 bits per heavy atom. The van der Waals surface area contributed by atoms with Crippen LogP contribution in [0.3, 0.4) is 0 Å². The van der Waals surface area contributed by atoms with Gasteiger partial charge in [-0.3, -0.25) is 9.59 Å². The molecule has 1 aliphatic rings. The van der Waals surface area contributed by atoms with Gasteiger partial charge in [0.2, 0.25) is 0 Å². The lowest BCUT2D eigenvalue weighted by molar-refractivity contribution is -0.141. The summed E-state index contributed by atoms with van der Waals surface area (Å²) in [5, 5.41) is 8.98. The van der Waals surface area contributed by atoms with Crippen LogP contribution in [-0.2, 0) is 4.79 Å². The molecule has 4 nitrogen and oxygen atoms in total. The van der Waals surface area contributed by atoms with Crippen LogP contribution in [0.5, 0.6) is 0 Å². The lowest BCUT2D eigenvalue weighted by Gasteiger charge is -2.16. The van der Waals surface area contributed by atoms with Crippen molar-refractivity contribution in [2.75, 3.05) is 13.1 Å². The van der Waals surface area contributed by atoms with Gasteiger partial charge in [-0.05, 0) is 41.8 Å². The molecule has 1 heterocycles. The smallest absolute Gasteiger partial charge is 0.308 e. The normalized spacial score (nSPS) is 16.3. The third-order valence-electron chi connectivity index (χ3n) is 4.27. The van der Waals surface area contributed by atoms with Crippen LogP contribution in [0, 0.1) is 23.4 Å². The Hall–Kier alpha value is -2.54. The van der Waals surface area contributed by atoms with Crippen LogP contribution < -0.4 is 0 Å². The van der Waals surface area contributed by atoms with E-state index in [9.17, 15) is 22.8 Å². The zero-order valence-corrected chi connectivity index (χ0v) is 14.2. The van der Waals surface area contributed by atoms with E-state index in [1.165, 1.54) is 29.2 Å². The number of carbonyl (C=O) groups excluding carboxylic acids is 1. The number of amides is 1. The molecule has 0 aromatic heterocycles. The fourth-order valence-electron chi connectivity index (χ4n) is 2.86. The van der Waals surface area contributed by atoms with Crippen molar-refractivity contribution in [2.24, 2.45) is 5.92 Å². The van der Waals surface area contributed by atoms with Crippen molar-refractivity contribution in [2.45, 2.75) is 6.42 Å². The summed E-state index contributed by atoms with van der Waals surface area (Å²) < 4.78 is 39.6. The average molecular weight is 386 g/mol. The number of carboxylic acids is 1. The largest absolute Gasteiger partial charge is 0.481 e. The quantitative estimate of drug-likeness (QED) is 0.819. The van der Waals surface area contributed by atoms with Gasteiger partial charge in [-0.2, -0.15) is 0 Å². The average Bonchev–Trinajstić information content (AvgIpc) is 3.09. The Kier molecular flexibility index (Phi) is 5.92. The number of aliphatic carboxylic acids is 1. The molecule has 0 spiro atoms. The minimum Gasteiger partial charge on any atom is -0.481 e. The molecule has 8 heteroatoms. The maximum atomic E-state index is 13.3. The molecule has 2 aromatic carbocycles. The fourth-order valence-corrected chi connectivity index (χ4v) is 2.86. The highest BCUT2D eigenvalue weighted by Gasteiger charge is 2.31. The van der Waals surface area contributed by atoms with Gasteiger partial charge in [0.05, 0.1) is 5.92 Å². The van der Waals surface area contributed by atoms with Crippen LogP contribution in [0.15, 0.2) is 36.4 Å². The number of carboxylic acid groups (broad SMARTS) is 1. The summed E-state index contributed by atoms with van der Waals surface area (Å²) in [6, 6.07) is 7.75. The van der Waals surface area contributed by atoms with E-state index in [2.05, 4.69) is 0 Å². The molecule has 3 rings (SSSR count). The maximum Gasteiger partial charge on any atom is 0.308 e. The summed E-state index contributed by atoms with van der Waals surface area (Å²) in [6.45, 7) is 0.524. The van der Waals surface area contributed by atoms with Crippen LogP contribution >= 0.6 is 12.4 Å². The van der Waals surface area contributed by atoms with E-state index < -0.39 is 29.3 Å². The lowest BCUT2D eigenvalue weighted by atomic mass is 10.0. The Bertz CT molecular complexity index is 819. The highest BCUT2D eigenvalue weighted by molar-refractivity contribution is 5.95. The summed E-state index contributed by atoms with van der Waals surface area (Å²) in [5.41, 5.74) is 0.930. The molecule has 1 N–H and O–H groups in total. The van der Waals surface area contributed by atoms with Crippen molar-refractivity contribution in [1.29, 1.82) is 0 Å². The molecule has 26 heavy (non-hydrogen) atoms. The Balaban J connectivity index is 0.00000243. The zero-order chi connectivity index (χ0) is 18.1. The SMILES string of the molecule is Cl.O=C(O)C1CCN(C(=O)c2ccc(-c3cc(F)c(F)c(F)c3)cc2)C1. The Labute approximate surface area is 153 Å². The van der Waals surface area contributed by atoms with Crippen LogP contribution in [0.4, 0.5) is 13.2 Å². The van der Waals surface area contributed by atoms with E-state index in [0.717, 1.165) is 12.1 Å². The molecular formula is C18H15ClF3NO3. The van der Waals surface area contributed by atoms with Gasteiger partial charge in [-0.15, -0.1) is 12.4 Å². The number of hydrogen-bond acceptors (Lipinski definition) is 2. The Morgan fingerprint density at radius 2 is 1.58 bits per heavy atom. The molecule has 0 radical (unpaired) electrons. The Morgan fingerprint density at radius 3 is 2.08 bits per heavy atom. The summed E-state index contributed by atoms with van der Waals surface area (Å²) in [5.74, 6) is -5.89. The second-order valence-corrected chi connectivity index (χ2v) is 5.91. The molecule has 0 aliphatic carbocycles. The predicted molar refractivity (Wildman–Crippen MR) is 90.6 cm³/mol. The number of likely N-dealkylation sites (tertiary alicyclic amines) is 1. The predicted octanol–water partition coefficient (Wildman–Crippen LogP) is 3.74. The standard InChI is InChI=1S/C18H14F3NO3.ClH/c19-14-7-13(8-15(20)16(14)21)10-1-3-11(4-2-10)17(23)22-6-5-12(9-22)18(24)25;/h1-4,7-8,12H,5-6,9H2,(H,24,25);1H. The second-order valence-electron chi connectivity index (χ2n) is 5.91. The molecule has 1 amide bonds. The van der Waals surface area contributed by atoms with Crippen LogP contribution in [0.25, 0.3) is 11.1 Å². The van der Waals surface area contributed by atoms with Crippen LogP contribution in [0.1, 0.15) is 16.8 Å². The molecule has 1 saturated heterocycles. The van der Waals surface area contributed by atoms with Crippen molar-refractivity contribution in [3.8, 4) is 11.1 Å². The maximum absolute atomic E-state index is 13.3. The topological polar surface area (TPSA) is 57.6 Å². The van der Waals surface area contributed by atoms with Gasteiger partial charge in [0.25, 0.3) is 5.91 Å². The lowest BCUT2D eigenvalue weighted by Crippen LogP contribution is -2.29. The monoisotopic (exact) mass is 385 g/mol. The molecule has 1 atom stereocenters. The molecule has 1 aliphatic heterocycles. The third-order valence-corrected chi connectivity index (χ3v) is 4.27. The van der Waals surface area contributed by atoms with Gasteiger partial charge >= 0.3 is 5.97 Å². The van der Waals surface area contributed by atoms with Gasteiger partial charge < -0.3 is 10.0 Å². The number of carbonyl (C=O) groups is 2. The first-order chi connectivity index (χ1) is 11.9. The summed E-state index contributed by atoms with van der Waals surface area (Å²) in [7, 11) is 0. The number of hydrogen-bond donors (Lipinski definition) is 1. The van der Waals surface area contributed by atoms with E-state index in [1.54, 1.807) is 0 Å². The van der Waals surface area contributed by atoms with Gasteiger partial charge in [0.15, 0.2) is 17.5 Å². The van der Waals surface area contributed by atoms with Crippen molar-refractivity contribution < 1.29 is 27.9 Å². The van der Waals surface area contributed by atoms with Crippen molar-refractivity contribution in [3.63, 3.8) is 0 Å². The van der Waals surface area contributed by atoms with Gasteiger partial charge in [0.1, 0.15) is 0 Å². The molecular weight excluding hydrogens is 371 g/mol. The van der Waals surface area contributed by atoms with E-state index in [-0.39, 0.29) is 30.4 Å². The minimum absolute atomic E-state index is 0. The number of halogens is 4. The highest BCUT2D eigenvalue weighted by Crippen LogP contribution is 2.25. The van der Waals surface area contributed by atoms with E-state index in [1.807, 2.05) is 0 Å². The second kappa shape index (κ2) is 7.78. The molecule has 0 saturated carbocycles. The van der Waals surface area contributed by atoms with Crippen molar-refractivity contribution >= 4 is 24.3 Å². The van der Waals surface area contributed by atoms with E-state index in [4.69, 9.17) is 5.11 Å². The molecule has 1 unspecified atom stereocenters. The molecule has 2 aromatic rings. The van der Waals surface area contributed by atoms with Crippen LogP contribution in [-0.4, -0.2) is 35.0 Å². The first kappa shape index (κ1) is 19.8. The molecule has 138 valence electrons. The number of rotatable bonds is 3. The number of nitrogens with zero attached hydrogens (tertiary/aromatic N) is 1. The highest BCUT2D eigenvalue weighted by atomic mass is 35.5. The van der Waals surface area contributed by atoms with Crippen molar-refractivity contribution in [1.82, 2.24) is 4.90 Å². The molecule has 0 bridgehead atoms. The van der Waals surface area contributed by atoms with Gasteiger partial charge in [0, 0.05) is 18.7 Å². The zero-order valence-electron chi connectivity index (χ0n) is 13.4. The fraction of sp³-hybridized carbons (Fsp3) is 0.222. The van der Waals surface area contributed by atoms with Gasteiger partial charge in [-0.25, -0.2) is 13.2 Å². The number of benzene rings is 2. The first-order valence-corrected chi connectivity index (χ1v) is 7.64. The third kappa shape index (κ3) is 3.83. The van der Waals surface area contributed by atoms with Gasteiger partial charge in [-0.1, -0.05) is 12.1 Å². The summed E-state index contributed by atoms with van der Waals surface area (Å²) in [4.78, 5) is 24.8. The van der Waals surface area contributed by atoms with Crippen LogP contribution in [0.2, 0.25) is 0 Å². The molecule has 1 fully saturated rings. The van der Waals surface area contributed by atoms with Crippen molar-refractivity contribution in [3.05, 3.63) is 59.4 Å².